The van der Waals surface area contributed by atoms with E-state index in [-0.39, 0.29) is 0 Å². The summed E-state index contributed by atoms with van der Waals surface area (Å²) in [5, 5.41) is 0. The molecule has 1 saturated carbocycles. The van der Waals surface area contributed by atoms with E-state index in [9.17, 15) is 0 Å². The van der Waals surface area contributed by atoms with Crippen LogP contribution in [0.4, 0.5) is 0 Å². The number of aromatic nitrogens is 1. The zero-order chi connectivity index (χ0) is 19.6. The first kappa shape index (κ1) is 20.7. The van der Waals surface area contributed by atoms with Gasteiger partial charge < -0.3 is 0 Å². The van der Waals surface area contributed by atoms with Crippen molar-refractivity contribution in [2.24, 2.45) is 5.92 Å². The fourth-order valence-electron chi connectivity index (χ4n) is 4.33. The van der Waals surface area contributed by atoms with Crippen molar-refractivity contribution in [1.82, 2.24) is 4.98 Å². The van der Waals surface area contributed by atoms with E-state index in [2.05, 4.69) is 61.0 Å². The molecule has 1 heterocycles. The molecule has 0 amide bonds. The summed E-state index contributed by atoms with van der Waals surface area (Å²) in [4.78, 5) is 4.42. The molecule has 0 unspecified atom stereocenters. The number of rotatable bonds is 7. The van der Waals surface area contributed by atoms with E-state index in [1.54, 1.807) is 0 Å². The lowest BCUT2D eigenvalue weighted by Gasteiger charge is -2.29. The molecule has 148 valence electrons. The lowest BCUT2D eigenvalue weighted by molar-refractivity contribution is 0.302. The Bertz CT molecular complexity index is 753. The molecule has 1 fully saturated rings. The van der Waals surface area contributed by atoms with Gasteiger partial charge >= 0.3 is 0 Å². The van der Waals surface area contributed by atoms with E-state index < -0.39 is 0 Å². The van der Waals surface area contributed by atoms with Crippen LogP contribution in [0.15, 0.2) is 42.6 Å². The lowest BCUT2D eigenvalue weighted by Crippen LogP contribution is -2.13. The standard InChI is InChI=1S/C27H35N/c1-3-5-6-7-8-23-9-15-25(16-10-23)26-17-11-24(12-18-26)14-20-27-19-13-22(4-2)21-28-27/h11-13,17-19,21,23,25H,3-10,15-16H2,1-2H3. The molecule has 0 aliphatic heterocycles. The van der Waals surface area contributed by atoms with Crippen molar-refractivity contribution in [1.29, 1.82) is 0 Å². The van der Waals surface area contributed by atoms with Crippen LogP contribution in [0.1, 0.15) is 99.9 Å². The van der Waals surface area contributed by atoms with Crippen LogP contribution in [0.2, 0.25) is 0 Å². The fourth-order valence-corrected chi connectivity index (χ4v) is 4.33. The van der Waals surface area contributed by atoms with Crippen LogP contribution in [0.3, 0.4) is 0 Å². The third-order valence-corrected chi connectivity index (χ3v) is 6.26. The van der Waals surface area contributed by atoms with Gasteiger partial charge in [-0.1, -0.05) is 70.1 Å². The van der Waals surface area contributed by atoms with Gasteiger partial charge in [0.15, 0.2) is 0 Å². The smallest absolute Gasteiger partial charge is 0.113 e. The van der Waals surface area contributed by atoms with Gasteiger partial charge in [-0.25, -0.2) is 4.98 Å². The zero-order valence-corrected chi connectivity index (χ0v) is 17.7. The van der Waals surface area contributed by atoms with Crippen molar-refractivity contribution in [2.45, 2.75) is 84.0 Å². The number of hydrogen-bond donors (Lipinski definition) is 0. The number of benzene rings is 1. The van der Waals surface area contributed by atoms with Crippen LogP contribution in [0.25, 0.3) is 0 Å². The van der Waals surface area contributed by atoms with Gasteiger partial charge in [-0.15, -0.1) is 0 Å². The molecule has 1 aromatic heterocycles. The Hall–Kier alpha value is -2.07. The number of nitrogens with zero attached hydrogens (tertiary/aromatic N) is 1. The Morgan fingerprint density at radius 3 is 2.29 bits per heavy atom. The van der Waals surface area contributed by atoms with Crippen molar-refractivity contribution < 1.29 is 0 Å². The van der Waals surface area contributed by atoms with Crippen LogP contribution < -0.4 is 0 Å². The quantitative estimate of drug-likeness (QED) is 0.367. The van der Waals surface area contributed by atoms with Gasteiger partial charge in [0.05, 0.1) is 0 Å². The van der Waals surface area contributed by atoms with Crippen LogP contribution in [0, 0.1) is 17.8 Å². The minimum absolute atomic E-state index is 0.747. The molecule has 0 spiro atoms. The maximum absolute atomic E-state index is 4.42. The first-order chi connectivity index (χ1) is 13.8. The summed E-state index contributed by atoms with van der Waals surface area (Å²) < 4.78 is 0. The van der Waals surface area contributed by atoms with E-state index in [0.29, 0.717) is 0 Å². The van der Waals surface area contributed by atoms with E-state index in [0.717, 1.165) is 29.5 Å². The Morgan fingerprint density at radius 1 is 0.857 bits per heavy atom. The number of pyridine rings is 1. The van der Waals surface area contributed by atoms with E-state index in [1.165, 1.54) is 68.9 Å². The van der Waals surface area contributed by atoms with E-state index in [1.807, 2.05) is 12.3 Å². The highest BCUT2D eigenvalue weighted by atomic mass is 14.7. The molecule has 1 aromatic carbocycles. The molecule has 1 aliphatic carbocycles. The second-order valence-electron chi connectivity index (χ2n) is 8.34. The lowest BCUT2D eigenvalue weighted by atomic mass is 9.77. The molecule has 2 aromatic rings. The van der Waals surface area contributed by atoms with E-state index >= 15 is 0 Å². The van der Waals surface area contributed by atoms with Crippen LogP contribution >= 0.6 is 0 Å². The topological polar surface area (TPSA) is 12.9 Å². The average Bonchev–Trinajstić information content (AvgIpc) is 2.76. The van der Waals surface area contributed by atoms with Gasteiger partial charge in [0.1, 0.15) is 5.69 Å². The molecular weight excluding hydrogens is 338 g/mol. The van der Waals surface area contributed by atoms with Crippen molar-refractivity contribution >= 4 is 0 Å². The Labute approximate surface area is 172 Å². The maximum Gasteiger partial charge on any atom is 0.113 e. The molecule has 0 atom stereocenters. The molecule has 1 heteroatoms. The minimum atomic E-state index is 0.747. The average molecular weight is 374 g/mol. The van der Waals surface area contributed by atoms with Crippen LogP contribution in [0.5, 0.6) is 0 Å². The maximum atomic E-state index is 4.42. The highest BCUT2D eigenvalue weighted by Crippen LogP contribution is 2.37. The molecule has 0 radical (unpaired) electrons. The number of unbranched alkanes of at least 4 members (excludes halogenated alkanes) is 3. The third-order valence-electron chi connectivity index (χ3n) is 6.26. The molecule has 0 N–H and O–H groups in total. The predicted octanol–water partition coefficient (Wildman–Crippen LogP) is 7.29. The Kier molecular flexibility index (Phi) is 8.16. The van der Waals surface area contributed by atoms with Crippen LogP contribution in [-0.2, 0) is 6.42 Å². The first-order valence-corrected chi connectivity index (χ1v) is 11.4. The summed E-state index contributed by atoms with van der Waals surface area (Å²) in [6.07, 6.45) is 15.6. The summed E-state index contributed by atoms with van der Waals surface area (Å²) in [6, 6.07) is 13.1. The summed E-state index contributed by atoms with van der Waals surface area (Å²) in [6.45, 7) is 4.44. The largest absolute Gasteiger partial charge is 0.248 e. The SMILES string of the molecule is CCCCCCC1CCC(c2ccc(C#Cc3ccc(CC)cn3)cc2)CC1. The second kappa shape index (κ2) is 11.1. The summed E-state index contributed by atoms with van der Waals surface area (Å²) >= 11 is 0. The zero-order valence-electron chi connectivity index (χ0n) is 17.7. The summed E-state index contributed by atoms with van der Waals surface area (Å²) in [7, 11) is 0. The number of aryl methyl sites for hydroxylation is 1. The third kappa shape index (κ3) is 6.23. The van der Waals surface area contributed by atoms with Gasteiger partial charge in [-0.2, -0.15) is 0 Å². The molecular formula is C27H35N. The Morgan fingerprint density at radius 2 is 1.64 bits per heavy atom. The second-order valence-corrected chi connectivity index (χ2v) is 8.34. The monoisotopic (exact) mass is 373 g/mol. The molecule has 1 aliphatic rings. The van der Waals surface area contributed by atoms with Gasteiger partial charge in [0.25, 0.3) is 0 Å². The highest BCUT2D eigenvalue weighted by Gasteiger charge is 2.21. The van der Waals surface area contributed by atoms with Gasteiger partial charge in [-0.05, 0) is 79.2 Å². The summed E-state index contributed by atoms with van der Waals surface area (Å²) in [5.74, 6) is 8.17. The molecule has 3 rings (SSSR count). The van der Waals surface area contributed by atoms with Gasteiger partial charge in [-0.3, -0.25) is 0 Å². The fraction of sp³-hybridized carbons (Fsp3) is 0.519. The predicted molar refractivity (Wildman–Crippen MR) is 119 cm³/mol. The summed E-state index contributed by atoms with van der Waals surface area (Å²) in [5.41, 5.74) is 4.68. The highest BCUT2D eigenvalue weighted by molar-refractivity contribution is 5.41. The van der Waals surface area contributed by atoms with Gasteiger partial charge in [0.2, 0.25) is 0 Å². The Balaban J connectivity index is 1.49. The van der Waals surface area contributed by atoms with Crippen molar-refractivity contribution in [2.75, 3.05) is 0 Å². The van der Waals surface area contributed by atoms with Gasteiger partial charge in [0, 0.05) is 11.8 Å². The molecule has 28 heavy (non-hydrogen) atoms. The van der Waals surface area contributed by atoms with Crippen LogP contribution in [-0.4, -0.2) is 4.98 Å². The van der Waals surface area contributed by atoms with E-state index in [4.69, 9.17) is 0 Å². The normalized spacial score (nSPS) is 19.1. The van der Waals surface area contributed by atoms with Crippen molar-refractivity contribution in [3.63, 3.8) is 0 Å². The minimum Gasteiger partial charge on any atom is -0.248 e. The molecule has 1 nitrogen and oxygen atoms in total. The van der Waals surface area contributed by atoms with Crippen molar-refractivity contribution in [3.05, 3.63) is 65.0 Å². The first-order valence-electron chi connectivity index (χ1n) is 11.4. The molecule has 0 bridgehead atoms. The molecule has 0 saturated heterocycles. The number of hydrogen-bond acceptors (Lipinski definition) is 1. The van der Waals surface area contributed by atoms with Crippen molar-refractivity contribution in [3.8, 4) is 11.8 Å².